The number of thiophene rings is 1. The van der Waals surface area contributed by atoms with Crippen molar-refractivity contribution in [1.29, 1.82) is 0 Å². The summed E-state index contributed by atoms with van der Waals surface area (Å²) in [5, 5.41) is 0.671. The number of hydrogen-bond acceptors (Lipinski definition) is 4. The minimum Gasteiger partial charge on any atom is -0.300 e. The van der Waals surface area contributed by atoms with E-state index in [1.54, 1.807) is 22.8 Å². The molecule has 0 atom stereocenters. The van der Waals surface area contributed by atoms with E-state index in [1.807, 2.05) is 50.2 Å². The minimum absolute atomic E-state index is 0.0575. The third kappa shape index (κ3) is 3.73. The molecule has 4 nitrogen and oxygen atoms in total. The van der Waals surface area contributed by atoms with E-state index >= 15 is 0 Å². The monoisotopic (exact) mass is 416 g/mol. The Hall–Kier alpha value is -3.05. The van der Waals surface area contributed by atoms with Crippen LogP contribution in [0.15, 0.2) is 65.5 Å². The number of carbonyl (C=O) groups excluding carboxylic acids is 1. The van der Waals surface area contributed by atoms with E-state index in [0.717, 1.165) is 26.4 Å². The van der Waals surface area contributed by atoms with Crippen LogP contribution in [-0.2, 0) is 11.3 Å². The quantitative estimate of drug-likeness (QED) is 0.432. The van der Waals surface area contributed by atoms with Crippen LogP contribution in [0.25, 0.3) is 10.2 Å². The molecule has 0 unspecified atom stereocenters. The number of carbonyl (C=O) groups is 1. The van der Waals surface area contributed by atoms with E-state index in [2.05, 4.69) is 24.3 Å². The first-order valence-electron chi connectivity index (χ1n) is 10.1. The maximum atomic E-state index is 13.6. The van der Waals surface area contributed by atoms with Crippen molar-refractivity contribution in [3.63, 3.8) is 0 Å². The second-order valence-corrected chi connectivity index (χ2v) is 8.80. The first-order valence-corrected chi connectivity index (χ1v) is 10.9. The van der Waals surface area contributed by atoms with Crippen LogP contribution in [0.1, 0.15) is 46.7 Å². The summed E-state index contributed by atoms with van der Waals surface area (Å²) < 4.78 is 1.72. The van der Waals surface area contributed by atoms with Crippen LogP contribution in [0.3, 0.4) is 0 Å². The lowest BCUT2D eigenvalue weighted by molar-refractivity contribution is -0.117. The summed E-state index contributed by atoms with van der Waals surface area (Å²) in [4.78, 5) is 32.2. The van der Waals surface area contributed by atoms with Gasteiger partial charge in [-0.15, -0.1) is 11.3 Å². The standard InChI is InChI=1S/C25H24N2O2S/c1-16(28)14-15-27-23(26-24-21(25(27)29)17(2)18(3)30-24)22(19-10-6-4-7-11-19)20-12-8-5-9-13-20/h4-13,22H,14-15H2,1-3H3. The SMILES string of the molecule is CC(=O)CCn1c(C(c2ccccc2)c2ccccc2)nc2sc(C)c(C)c2c1=O. The van der Waals surface area contributed by atoms with Gasteiger partial charge in [0.05, 0.1) is 11.3 Å². The number of rotatable bonds is 6. The third-order valence-corrected chi connectivity index (χ3v) is 6.63. The summed E-state index contributed by atoms with van der Waals surface area (Å²) in [6.07, 6.45) is 0.304. The average Bonchev–Trinajstić information content (AvgIpc) is 3.03. The smallest absolute Gasteiger partial charge is 0.262 e. The maximum absolute atomic E-state index is 13.6. The fourth-order valence-corrected chi connectivity index (χ4v) is 4.86. The van der Waals surface area contributed by atoms with Crippen molar-refractivity contribution in [2.24, 2.45) is 0 Å². The first kappa shape index (κ1) is 20.2. The highest BCUT2D eigenvalue weighted by molar-refractivity contribution is 7.18. The lowest BCUT2D eigenvalue weighted by Crippen LogP contribution is -2.28. The van der Waals surface area contributed by atoms with Crippen molar-refractivity contribution in [3.05, 3.63) is 98.4 Å². The summed E-state index contributed by atoms with van der Waals surface area (Å²) in [5.74, 6) is 0.550. The molecule has 0 aliphatic rings. The van der Waals surface area contributed by atoms with Gasteiger partial charge in [-0.25, -0.2) is 4.98 Å². The number of aromatic nitrogens is 2. The third-order valence-electron chi connectivity index (χ3n) is 5.53. The fraction of sp³-hybridized carbons (Fsp3) is 0.240. The number of benzene rings is 2. The molecule has 4 rings (SSSR count). The molecule has 0 amide bonds. The van der Waals surface area contributed by atoms with Crippen LogP contribution in [0.4, 0.5) is 0 Å². The maximum Gasteiger partial charge on any atom is 0.262 e. The summed E-state index contributed by atoms with van der Waals surface area (Å²) in [5.41, 5.74) is 3.05. The summed E-state index contributed by atoms with van der Waals surface area (Å²) in [6.45, 7) is 5.88. The number of Topliss-reactive ketones (excluding diaryl/α,β-unsaturated/α-hetero) is 1. The van der Waals surface area contributed by atoms with Gasteiger partial charge in [-0.2, -0.15) is 0 Å². The number of aryl methyl sites for hydroxylation is 2. The molecule has 0 radical (unpaired) electrons. The Labute approximate surface area is 179 Å². The Bertz CT molecular complexity index is 1220. The topological polar surface area (TPSA) is 52.0 Å². The van der Waals surface area contributed by atoms with Crippen molar-refractivity contribution < 1.29 is 4.79 Å². The molecule has 0 saturated heterocycles. The summed E-state index contributed by atoms with van der Waals surface area (Å²) >= 11 is 1.56. The Morgan fingerprint density at radius 1 is 1.00 bits per heavy atom. The Balaban J connectivity index is 2.03. The molecular weight excluding hydrogens is 392 g/mol. The average molecular weight is 417 g/mol. The minimum atomic E-state index is -0.195. The van der Waals surface area contributed by atoms with Crippen LogP contribution < -0.4 is 5.56 Å². The van der Waals surface area contributed by atoms with E-state index in [4.69, 9.17) is 4.98 Å². The Morgan fingerprint density at radius 2 is 1.57 bits per heavy atom. The molecule has 0 saturated carbocycles. The highest BCUT2D eigenvalue weighted by Crippen LogP contribution is 2.33. The number of ketones is 1. The number of fused-ring (bicyclic) bond motifs is 1. The number of hydrogen-bond donors (Lipinski definition) is 0. The van der Waals surface area contributed by atoms with Crippen molar-refractivity contribution in [3.8, 4) is 0 Å². The molecule has 0 aliphatic heterocycles. The molecule has 30 heavy (non-hydrogen) atoms. The lowest BCUT2D eigenvalue weighted by atomic mass is 9.90. The molecule has 152 valence electrons. The highest BCUT2D eigenvalue weighted by Gasteiger charge is 2.25. The Kier molecular flexibility index (Phi) is 5.64. The Morgan fingerprint density at radius 3 is 2.10 bits per heavy atom. The van der Waals surface area contributed by atoms with Crippen LogP contribution in [-0.4, -0.2) is 15.3 Å². The van der Waals surface area contributed by atoms with Gasteiger partial charge in [-0.05, 0) is 37.5 Å². The van der Waals surface area contributed by atoms with Gasteiger partial charge in [-0.3, -0.25) is 14.2 Å². The summed E-state index contributed by atoms with van der Waals surface area (Å²) in [7, 11) is 0. The lowest BCUT2D eigenvalue weighted by Gasteiger charge is -2.22. The molecule has 0 spiro atoms. The fourth-order valence-electron chi connectivity index (χ4n) is 3.83. The van der Waals surface area contributed by atoms with Gasteiger partial charge in [0.2, 0.25) is 0 Å². The van der Waals surface area contributed by atoms with Gasteiger partial charge >= 0.3 is 0 Å². The predicted octanol–water partition coefficient (Wildman–Crippen LogP) is 5.23. The molecular formula is C25H24N2O2S. The molecule has 2 heterocycles. The van der Waals surface area contributed by atoms with E-state index < -0.39 is 0 Å². The molecule has 4 aromatic rings. The largest absolute Gasteiger partial charge is 0.300 e. The van der Waals surface area contributed by atoms with E-state index in [1.165, 1.54) is 0 Å². The zero-order valence-corrected chi connectivity index (χ0v) is 18.2. The van der Waals surface area contributed by atoms with Crippen molar-refractivity contribution in [2.75, 3.05) is 0 Å². The van der Waals surface area contributed by atoms with Gasteiger partial charge in [0.1, 0.15) is 16.4 Å². The van der Waals surface area contributed by atoms with Crippen molar-refractivity contribution >= 4 is 27.3 Å². The van der Waals surface area contributed by atoms with Gasteiger partial charge in [0.25, 0.3) is 5.56 Å². The van der Waals surface area contributed by atoms with Crippen molar-refractivity contribution in [2.45, 2.75) is 39.7 Å². The molecule has 2 aromatic carbocycles. The molecule has 0 bridgehead atoms. The first-order chi connectivity index (χ1) is 14.5. The van der Waals surface area contributed by atoms with Crippen molar-refractivity contribution in [1.82, 2.24) is 9.55 Å². The van der Waals surface area contributed by atoms with Crippen LogP contribution >= 0.6 is 11.3 Å². The molecule has 2 aromatic heterocycles. The predicted molar refractivity (Wildman–Crippen MR) is 122 cm³/mol. The zero-order valence-electron chi connectivity index (χ0n) is 17.4. The highest BCUT2D eigenvalue weighted by atomic mass is 32.1. The van der Waals surface area contributed by atoms with E-state index in [0.29, 0.717) is 24.2 Å². The molecule has 0 N–H and O–H groups in total. The molecule has 0 fully saturated rings. The number of nitrogens with zero attached hydrogens (tertiary/aromatic N) is 2. The molecule has 0 aliphatic carbocycles. The van der Waals surface area contributed by atoms with Gasteiger partial charge in [0, 0.05) is 17.8 Å². The van der Waals surface area contributed by atoms with Crippen LogP contribution in [0, 0.1) is 13.8 Å². The van der Waals surface area contributed by atoms with Crippen LogP contribution in [0.2, 0.25) is 0 Å². The van der Waals surface area contributed by atoms with Gasteiger partial charge < -0.3 is 0 Å². The second-order valence-electron chi connectivity index (χ2n) is 7.60. The second kappa shape index (κ2) is 8.36. The molecule has 5 heteroatoms. The van der Waals surface area contributed by atoms with Crippen LogP contribution in [0.5, 0.6) is 0 Å². The summed E-state index contributed by atoms with van der Waals surface area (Å²) in [6, 6.07) is 20.2. The zero-order chi connectivity index (χ0) is 21.3. The van der Waals surface area contributed by atoms with Gasteiger partial charge in [-0.1, -0.05) is 60.7 Å². The van der Waals surface area contributed by atoms with Gasteiger partial charge in [0.15, 0.2) is 0 Å². The van der Waals surface area contributed by atoms with E-state index in [-0.39, 0.29) is 17.3 Å². The normalized spacial score (nSPS) is 11.3. The van der Waals surface area contributed by atoms with E-state index in [9.17, 15) is 9.59 Å².